The molecule has 1 fully saturated rings. The summed E-state index contributed by atoms with van der Waals surface area (Å²) in [6.45, 7) is 7.16. The topological polar surface area (TPSA) is 108 Å². The summed E-state index contributed by atoms with van der Waals surface area (Å²) < 4.78 is 32.1. The highest BCUT2D eigenvalue weighted by Crippen LogP contribution is 2.25. The van der Waals surface area contributed by atoms with E-state index in [9.17, 15) is 18.0 Å². The largest absolute Gasteiger partial charge is 0.359 e. The highest BCUT2D eigenvalue weighted by molar-refractivity contribution is 7.91. The van der Waals surface area contributed by atoms with Gasteiger partial charge in [-0.25, -0.2) is 8.42 Å². The molecule has 1 atom stereocenters. The lowest BCUT2D eigenvalue weighted by molar-refractivity contribution is -0.139. The highest BCUT2D eigenvalue weighted by Gasteiger charge is 2.37. The van der Waals surface area contributed by atoms with Crippen molar-refractivity contribution in [3.63, 3.8) is 0 Å². The van der Waals surface area contributed by atoms with Crippen LogP contribution in [0.3, 0.4) is 0 Å². The summed E-state index contributed by atoms with van der Waals surface area (Å²) in [6, 6.07) is 3.19. The average Bonchev–Trinajstić information content (AvgIpc) is 3.35. The first-order valence-electron chi connectivity index (χ1n) is 8.85. The van der Waals surface area contributed by atoms with Crippen LogP contribution in [-0.2, 0) is 24.3 Å². The van der Waals surface area contributed by atoms with Gasteiger partial charge in [0.1, 0.15) is 10.4 Å². The zero-order chi connectivity index (χ0) is 19.9. The van der Waals surface area contributed by atoms with E-state index in [1.165, 1.54) is 10.4 Å². The van der Waals surface area contributed by atoms with Crippen LogP contribution in [0.25, 0.3) is 0 Å². The van der Waals surface area contributed by atoms with Crippen LogP contribution in [0.4, 0.5) is 0 Å². The number of rotatable bonds is 9. The molecule has 0 radical (unpaired) electrons. The molecule has 1 aliphatic heterocycles. The van der Waals surface area contributed by atoms with Gasteiger partial charge in [-0.2, -0.15) is 4.31 Å². The molecule has 2 rings (SSSR count). The number of nitrogens with one attached hydrogen (secondary N) is 2. The van der Waals surface area contributed by atoms with Crippen LogP contribution in [0.15, 0.2) is 21.7 Å². The summed E-state index contributed by atoms with van der Waals surface area (Å²) in [4.78, 5) is 25.9. The number of carbonyl (C=O) groups excluding carboxylic acids is 2. The van der Waals surface area contributed by atoms with Crippen molar-refractivity contribution in [3.8, 4) is 0 Å². The minimum absolute atomic E-state index is 0.0904. The first-order valence-corrected chi connectivity index (χ1v) is 11.2. The molecule has 0 bridgehead atoms. The summed E-state index contributed by atoms with van der Waals surface area (Å²) in [6.07, 6.45) is -0.829. The second-order valence-corrected chi connectivity index (χ2v) is 8.93. The van der Waals surface area contributed by atoms with Gasteiger partial charge in [-0.15, -0.1) is 11.3 Å². The lowest BCUT2D eigenvalue weighted by atomic mass is 10.4. The number of hydrogen-bond acceptors (Lipinski definition) is 7. The fraction of sp³-hybridized carbons (Fsp3) is 0.625. The number of sulfonamides is 1. The Balaban J connectivity index is 1.82. The van der Waals surface area contributed by atoms with Crippen molar-refractivity contribution in [2.24, 2.45) is 0 Å². The van der Waals surface area contributed by atoms with Crippen LogP contribution >= 0.6 is 11.3 Å². The number of ether oxygens (including phenoxy) is 1. The van der Waals surface area contributed by atoms with Gasteiger partial charge in [-0.3, -0.25) is 9.59 Å². The SMILES string of the molecule is CCN(CC)CCNC(=O)C(=O)NCC1OCCN1S(=O)(=O)c1cccs1. The number of nitrogens with zero attached hydrogens (tertiary/aromatic N) is 2. The van der Waals surface area contributed by atoms with Crippen LogP contribution in [0, 0.1) is 0 Å². The second kappa shape index (κ2) is 10.1. The summed E-state index contributed by atoms with van der Waals surface area (Å²) in [5, 5.41) is 6.69. The van der Waals surface area contributed by atoms with Crippen molar-refractivity contribution in [1.82, 2.24) is 19.8 Å². The molecule has 0 aliphatic carbocycles. The summed E-state index contributed by atoms with van der Waals surface area (Å²) in [5.41, 5.74) is 0. The Morgan fingerprint density at radius 2 is 2.00 bits per heavy atom. The lowest BCUT2D eigenvalue weighted by Gasteiger charge is -2.22. The Hall–Kier alpha value is -1.53. The minimum atomic E-state index is -3.67. The van der Waals surface area contributed by atoms with E-state index in [1.807, 2.05) is 13.8 Å². The fourth-order valence-corrected chi connectivity index (χ4v) is 5.31. The van der Waals surface area contributed by atoms with Crippen molar-refractivity contribution < 1.29 is 22.7 Å². The van der Waals surface area contributed by atoms with Gasteiger partial charge in [-0.05, 0) is 24.5 Å². The van der Waals surface area contributed by atoms with Gasteiger partial charge in [0.15, 0.2) is 0 Å². The Bertz CT molecular complexity index is 719. The van der Waals surface area contributed by atoms with Crippen LogP contribution < -0.4 is 10.6 Å². The molecule has 0 spiro atoms. The Morgan fingerprint density at radius 1 is 1.30 bits per heavy atom. The maximum atomic E-state index is 12.6. The van der Waals surface area contributed by atoms with Crippen molar-refractivity contribution in [2.75, 3.05) is 45.9 Å². The van der Waals surface area contributed by atoms with E-state index in [0.29, 0.717) is 13.1 Å². The van der Waals surface area contributed by atoms with Gasteiger partial charge in [0.2, 0.25) is 0 Å². The number of thiophene rings is 1. The summed E-state index contributed by atoms with van der Waals surface area (Å²) in [7, 11) is -3.67. The van der Waals surface area contributed by atoms with E-state index in [0.717, 1.165) is 24.4 Å². The third kappa shape index (κ3) is 5.72. The molecule has 1 saturated heterocycles. The maximum Gasteiger partial charge on any atom is 0.309 e. The van der Waals surface area contributed by atoms with Gasteiger partial charge in [-0.1, -0.05) is 19.9 Å². The van der Waals surface area contributed by atoms with E-state index in [4.69, 9.17) is 4.74 Å². The molecule has 11 heteroatoms. The number of carbonyl (C=O) groups is 2. The predicted octanol–water partition coefficient (Wildman–Crippen LogP) is -0.331. The van der Waals surface area contributed by atoms with Crippen LogP contribution in [0.2, 0.25) is 0 Å². The summed E-state index contributed by atoms with van der Waals surface area (Å²) in [5.74, 6) is -1.55. The van der Waals surface area contributed by atoms with Crippen LogP contribution in [0.5, 0.6) is 0 Å². The molecule has 152 valence electrons. The van der Waals surface area contributed by atoms with Gasteiger partial charge >= 0.3 is 11.8 Å². The highest BCUT2D eigenvalue weighted by atomic mass is 32.2. The van der Waals surface area contributed by atoms with Crippen molar-refractivity contribution in [3.05, 3.63) is 17.5 Å². The molecule has 1 aromatic rings. The number of likely N-dealkylation sites (N-methyl/N-ethyl adjacent to an activating group) is 1. The minimum Gasteiger partial charge on any atom is -0.359 e. The molecule has 1 unspecified atom stereocenters. The van der Waals surface area contributed by atoms with Gasteiger partial charge < -0.3 is 20.3 Å². The van der Waals surface area contributed by atoms with Crippen LogP contribution in [0.1, 0.15) is 13.8 Å². The smallest absolute Gasteiger partial charge is 0.309 e. The quantitative estimate of drug-likeness (QED) is 0.532. The molecule has 2 amide bonds. The third-order valence-electron chi connectivity index (χ3n) is 4.25. The van der Waals surface area contributed by atoms with E-state index in [2.05, 4.69) is 15.5 Å². The normalized spacial score (nSPS) is 18.0. The van der Waals surface area contributed by atoms with Crippen molar-refractivity contribution in [1.29, 1.82) is 0 Å². The summed E-state index contributed by atoms with van der Waals surface area (Å²) >= 11 is 1.12. The second-order valence-electron chi connectivity index (χ2n) is 5.87. The molecular formula is C16H26N4O5S2. The van der Waals surface area contributed by atoms with E-state index in [1.54, 1.807) is 11.4 Å². The monoisotopic (exact) mass is 418 g/mol. The Morgan fingerprint density at radius 3 is 2.63 bits per heavy atom. The van der Waals surface area contributed by atoms with E-state index < -0.39 is 28.1 Å². The average molecular weight is 419 g/mol. The van der Waals surface area contributed by atoms with Gasteiger partial charge in [0.25, 0.3) is 10.0 Å². The number of hydrogen-bond donors (Lipinski definition) is 2. The molecule has 1 aromatic heterocycles. The zero-order valence-corrected chi connectivity index (χ0v) is 17.1. The fourth-order valence-electron chi connectivity index (χ4n) is 2.68. The molecular weight excluding hydrogens is 392 g/mol. The Labute approximate surface area is 163 Å². The molecule has 0 saturated carbocycles. The van der Waals surface area contributed by atoms with Gasteiger partial charge in [0, 0.05) is 19.6 Å². The van der Waals surface area contributed by atoms with Crippen LogP contribution in [-0.4, -0.2) is 81.5 Å². The predicted molar refractivity (Wildman–Crippen MR) is 102 cm³/mol. The van der Waals surface area contributed by atoms with Crippen molar-refractivity contribution in [2.45, 2.75) is 24.3 Å². The maximum absolute atomic E-state index is 12.6. The lowest BCUT2D eigenvalue weighted by Crippen LogP contribution is -2.48. The molecule has 2 heterocycles. The first kappa shape index (κ1) is 21.8. The van der Waals surface area contributed by atoms with E-state index in [-0.39, 0.29) is 23.9 Å². The molecule has 0 aromatic carbocycles. The number of amides is 2. The Kier molecular flexibility index (Phi) is 8.17. The van der Waals surface area contributed by atoms with E-state index >= 15 is 0 Å². The van der Waals surface area contributed by atoms with Gasteiger partial charge in [0.05, 0.1) is 13.2 Å². The molecule has 27 heavy (non-hydrogen) atoms. The molecule has 9 nitrogen and oxygen atoms in total. The van der Waals surface area contributed by atoms with Crippen molar-refractivity contribution >= 4 is 33.2 Å². The zero-order valence-electron chi connectivity index (χ0n) is 15.5. The molecule has 2 N–H and O–H groups in total. The standard InChI is InChI=1S/C16H26N4O5S2/c1-3-19(4-2)8-7-17-15(21)16(22)18-12-13-20(9-10-25-13)27(23,24)14-6-5-11-26-14/h5-6,11,13H,3-4,7-10,12H2,1-2H3,(H,17,21)(H,18,22). The first-order chi connectivity index (χ1) is 12.9. The molecule has 1 aliphatic rings. The third-order valence-corrected chi connectivity index (χ3v) is 7.51.